The predicted molar refractivity (Wildman–Crippen MR) is 128 cm³/mol. The number of rotatable bonds is 8. The number of hydrogen-bond acceptors (Lipinski definition) is 4. The molecule has 32 heavy (non-hydrogen) atoms. The third-order valence-corrected chi connectivity index (χ3v) is 5.08. The van der Waals surface area contributed by atoms with E-state index < -0.39 is 0 Å². The van der Waals surface area contributed by atoms with Crippen LogP contribution in [0.15, 0.2) is 78.9 Å². The van der Waals surface area contributed by atoms with E-state index in [1.807, 2.05) is 86.6 Å². The number of nitrogens with one attached hydrogen (secondary N) is 1. The molecule has 3 aromatic carbocycles. The molecule has 0 aliphatic rings. The maximum Gasteiger partial charge on any atom is 0.251 e. The van der Waals surface area contributed by atoms with E-state index in [0.717, 1.165) is 34.5 Å². The largest absolute Gasteiger partial charge is 0.379 e. The predicted octanol–water partition coefficient (Wildman–Crippen LogP) is 5.51. The van der Waals surface area contributed by atoms with Crippen molar-refractivity contribution in [3.8, 4) is 22.5 Å². The molecule has 0 saturated heterocycles. The lowest BCUT2D eigenvalue weighted by Gasteiger charge is -2.12. The van der Waals surface area contributed by atoms with Crippen molar-refractivity contribution in [2.75, 3.05) is 13.2 Å². The van der Waals surface area contributed by atoms with Crippen molar-refractivity contribution in [2.45, 2.75) is 26.4 Å². The fourth-order valence-electron chi connectivity index (χ4n) is 3.49. The number of benzene rings is 3. The number of ether oxygens (including phenoxy) is 1. The van der Waals surface area contributed by atoms with Crippen LogP contribution in [0.25, 0.3) is 33.5 Å². The third kappa shape index (κ3) is 5.18. The van der Waals surface area contributed by atoms with Crippen LogP contribution < -0.4 is 5.32 Å². The van der Waals surface area contributed by atoms with Gasteiger partial charge in [-0.1, -0.05) is 60.7 Å². The molecule has 0 aliphatic heterocycles. The SMILES string of the molecule is CC(C)OCCCNC(=O)c1ccc2nc(-c3ccccc3)c(-c3ccccc3)nc2c1. The van der Waals surface area contributed by atoms with Gasteiger partial charge in [0.2, 0.25) is 0 Å². The van der Waals surface area contributed by atoms with E-state index >= 15 is 0 Å². The van der Waals surface area contributed by atoms with E-state index in [2.05, 4.69) is 5.32 Å². The number of carbonyl (C=O) groups excluding carboxylic acids is 1. The minimum absolute atomic E-state index is 0.119. The van der Waals surface area contributed by atoms with Gasteiger partial charge in [-0.25, -0.2) is 9.97 Å². The molecule has 0 bridgehead atoms. The summed E-state index contributed by atoms with van der Waals surface area (Å²) in [6, 6.07) is 25.5. The molecule has 5 nitrogen and oxygen atoms in total. The van der Waals surface area contributed by atoms with E-state index in [1.165, 1.54) is 0 Å². The highest BCUT2D eigenvalue weighted by Crippen LogP contribution is 2.31. The first kappa shape index (κ1) is 21.7. The summed E-state index contributed by atoms with van der Waals surface area (Å²) in [5.74, 6) is -0.119. The molecule has 0 atom stereocenters. The molecule has 1 N–H and O–H groups in total. The van der Waals surface area contributed by atoms with Gasteiger partial charge in [0.25, 0.3) is 5.91 Å². The highest BCUT2D eigenvalue weighted by molar-refractivity contribution is 5.98. The lowest BCUT2D eigenvalue weighted by Crippen LogP contribution is -2.25. The van der Waals surface area contributed by atoms with Crippen molar-refractivity contribution >= 4 is 16.9 Å². The van der Waals surface area contributed by atoms with E-state index in [-0.39, 0.29) is 12.0 Å². The zero-order chi connectivity index (χ0) is 22.3. The Labute approximate surface area is 188 Å². The topological polar surface area (TPSA) is 64.1 Å². The van der Waals surface area contributed by atoms with Crippen LogP contribution >= 0.6 is 0 Å². The monoisotopic (exact) mass is 425 g/mol. The normalized spacial score (nSPS) is 11.1. The van der Waals surface area contributed by atoms with Crippen LogP contribution in [0.1, 0.15) is 30.6 Å². The summed E-state index contributed by atoms with van der Waals surface area (Å²) in [5.41, 5.74) is 5.64. The van der Waals surface area contributed by atoms with Gasteiger partial charge in [-0.05, 0) is 38.5 Å². The first-order valence-electron chi connectivity index (χ1n) is 10.9. The summed E-state index contributed by atoms with van der Waals surface area (Å²) >= 11 is 0. The number of carbonyl (C=O) groups is 1. The molecule has 4 rings (SSSR count). The number of nitrogens with zero attached hydrogens (tertiary/aromatic N) is 2. The summed E-state index contributed by atoms with van der Waals surface area (Å²) in [6.45, 7) is 5.20. The Balaban J connectivity index is 1.64. The second-order valence-electron chi connectivity index (χ2n) is 7.89. The van der Waals surface area contributed by atoms with E-state index in [9.17, 15) is 4.79 Å². The molecule has 0 aliphatic carbocycles. The quantitative estimate of drug-likeness (QED) is 0.378. The highest BCUT2D eigenvalue weighted by atomic mass is 16.5. The molecular weight excluding hydrogens is 398 g/mol. The van der Waals surface area contributed by atoms with E-state index in [1.54, 1.807) is 6.07 Å². The van der Waals surface area contributed by atoms with Crippen molar-refractivity contribution in [1.82, 2.24) is 15.3 Å². The summed E-state index contributed by atoms with van der Waals surface area (Å²) in [7, 11) is 0. The van der Waals surface area contributed by atoms with Crippen molar-refractivity contribution in [3.63, 3.8) is 0 Å². The minimum Gasteiger partial charge on any atom is -0.379 e. The van der Waals surface area contributed by atoms with Crippen LogP contribution in [0.5, 0.6) is 0 Å². The van der Waals surface area contributed by atoms with Crippen molar-refractivity contribution in [3.05, 3.63) is 84.4 Å². The first-order valence-corrected chi connectivity index (χ1v) is 10.9. The molecule has 1 heterocycles. The van der Waals surface area contributed by atoms with Crippen LogP contribution in [-0.4, -0.2) is 35.1 Å². The second kappa shape index (κ2) is 10.2. The number of aromatic nitrogens is 2. The maximum absolute atomic E-state index is 12.6. The summed E-state index contributed by atoms with van der Waals surface area (Å²) < 4.78 is 5.52. The van der Waals surface area contributed by atoms with Gasteiger partial charge in [0.1, 0.15) is 0 Å². The Morgan fingerprint density at radius 1 is 0.844 bits per heavy atom. The molecule has 5 heteroatoms. The molecule has 162 valence electrons. The Hall–Kier alpha value is -3.57. The molecule has 4 aromatic rings. The average Bonchev–Trinajstić information content (AvgIpc) is 2.83. The van der Waals surface area contributed by atoms with Gasteiger partial charge < -0.3 is 10.1 Å². The molecule has 0 unspecified atom stereocenters. The van der Waals surface area contributed by atoms with Crippen molar-refractivity contribution in [1.29, 1.82) is 0 Å². The number of hydrogen-bond donors (Lipinski definition) is 1. The van der Waals surface area contributed by atoms with Gasteiger partial charge in [0.15, 0.2) is 0 Å². The van der Waals surface area contributed by atoms with Crippen LogP contribution in [0.2, 0.25) is 0 Å². The van der Waals surface area contributed by atoms with Gasteiger partial charge in [0, 0.05) is 29.8 Å². The molecule has 0 radical (unpaired) electrons. The standard InChI is InChI=1S/C27H27N3O2/c1-19(2)32-17-9-16-28-27(31)22-14-15-23-24(18-22)30-26(21-12-7-4-8-13-21)25(29-23)20-10-5-3-6-11-20/h3-8,10-15,18-19H,9,16-17H2,1-2H3,(H,28,31). The smallest absolute Gasteiger partial charge is 0.251 e. The van der Waals surface area contributed by atoms with Gasteiger partial charge >= 0.3 is 0 Å². The van der Waals surface area contributed by atoms with Crippen molar-refractivity contribution in [2.24, 2.45) is 0 Å². The Kier molecular flexibility index (Phi) is 6.87. The molecule has 0 fully saturated rings. The third-order valence-electron chi connectivity index (χ3n) is 5.08. The second-order valence-corrected chi connectivity index (χ2v) is 7.89. The minimum atomic E-state index is -0.119. The summed E-state index contributed by atoms with van der Waals surface area (Å²) in [4.78, 5) is 22.5. The Morgan fingerprint density at radius 2 is 1.44 bits per heavy atom. The zero-order valence-electron chi connectivity index (χ0n) is 18.4. The lowest BCUT2D eigenvalue weighted by molar-refractivity contribution is 0.0757. The van der Waals surface area contributed by atoms with Gasteiger partial charge in [0.05, 0.1) is 28.5 Å². The van der Waals surface area contributed by atoms with E-state index in [0.29, 0.717) is 24.2 Å². The fourth-order valence-corrected chi connectivity index (χ4v) is 3.49. The van der Waals surface area contributed by atoms with E-state index in [4.69, 9.17) is 14.7 Å². The van der Waals surface area contributed by atoms with Crippen LogP contribution in [0, 0.1) is 0 Å². The van der Waals surface area contributed by atoms with Crippen LogP contribution in [0.4, 0.5) is 0 Å². The number of fused-ring (bicyclic) bond motifs is 1. The molecule has 0 spiro atoms. The Morgan fingerprint density at radius 3 is 2.03 bits per heavy atom. The van der Waals surface area contributed by atoms with Crippen LogP contribution in [0.3, 0.4) is 0 Å². The lowest BCUT2D eigenvalue weighted by atomic mass is 10.0. The van der Waals surface area contributed by atoms with Crippen molar-refractivity contribution < 1.29 is 9.53 Å². The molecule has 1 amide bonds. The van der Waals surface area contributed by atoms with Gasteiger partial charge in [-0.2, -0.15) is 0 Å². The molecular formula is C27H27N3O2. The molecule has 0 saturated carbocycles. The fraction of sp³-hybridized carbons (Fsp3) is 0.222. The summed E-state index contributed by atoms with van der Waals surface area (Å²) in [5, 5.41) is 2.95. The zero-order valence-corrected chi connectivity index (χ0v) is 18.4. The summed E-state index contributed by atoms with van der Waals surface area (Å²) in [6.07, 6.45) is 0.972. The van der Waals surface area contributed by atoms with Crippen LogP contribution in [-0.2, 0) is 4.74 Å². The first-order chi connectivity index (χ1) is 15.6. The molecule has 1 aromatic heterocycles. The maximum atomic E-state index is 12.6. The highest BCUT2D eigenvalue weighted by Gasteiger charge is 2.14. The number of amides is 1. The Bertz CT molecular complexity index is 1190. The van der Waals surface area contributed by atoms with Gasteiger partial charge in [-0.3, -0.25) is 4.79 Å². The van der Waals surface area contributed by atoms with Gasteiger partial charge in [-0.15, -0.1) is 0 Å². The average molecular weight is 426 g/mol.